The molecule has 2 rings (SSSR count). The van der Waals surface area contributed by atoms with Gasteiger partial charge in [-0.1, -0.05) is 12.2 Å². The zero-order valence-corrected chi connectivity index (χ0v) is 11.9. The normalized spacial score (nSPS) is 10.1. The lowest BCUT2D eigenvalue weighted by atomic mass is 10.1. The van der Waals surface area contributed by atoms with Crippen molar-refractivity contribution in [3.05, 3.63) is 46.2 Å². The molecule has 20 heavy (non-hydrogen) atoms. The molecule has 0 fully saturated rings. The van der Waals surface area contributed by atoms with Gasteiger partial charge in [0.15, 0.2) is 11.5 Å². The van der Waals surface area contributed by atoms with Gasteiger partial charge in [-0.25, -0.2) is 0 Å². The second-order valence-electron chi connectivity index (χ2n) is 4.05. The molecule has 0 saturated carbocycles. The summed E-state index contributed by atoms with van der Waals surface area (Å²) in [6.45, 7) is 0. The van der Waals surface area contributed by atoms with Gasteiger partial charge in [0.2, 0.25) is 0 Å². The molecule has 0 saturated heterocycles. The Labute approximate surface area is 121 Å². The molecular formula is C14H14N2O3S. The van der Waals surface area contributed by atoms with Crippen molar-refractivity contribution in [1.29, 1.82) is 0 Å². The van der Waals surface area contributed by atoms with Gasteiger partial charge in [0.25, 0.3) is 5.56 Å². The number of nitrogens with two attached hydrogens (primary N) is 1. The summed E-state index contributed by atoms with van der Waals surface area (Å²) in [6.07, 6.45) is 0. The van der Waals surface area contributed by atoms with E-state index in [0.717, 1.165) is 5.56 Å². The first-order valence-electron chi connectivity index (χ1n) is 5.82. The largest absolute Gasteiger partial charge is 0.493 e. The number of pyridine rings is 1. The lowest BCUT2D eigenvalue weighted by Crippen LogP contribution is -2.22. The lowest BCUT2D eigenvalue weighted by Gasteiger charge is -2.10. The highest BCUT2D eigenvalue weighted by atomic mass is 32.1. The number of aromatic nitrogens is 1. The molecular weight excluding hydrogens is 276 g/mol. The molecule has 1 aromatic carbocycles. The number of H-pyrrole nitrogens is 1. The van der Waals surface area contributed by atoms with E-state index in [1.165, 1.54) is 0 Å². The first kappa shape index (κ1) is 14.1. The third-order valence-electron chi connectivity index (χ3n) is 2.87. The molecule has 104 valence electrons. The minimum Gasteiger partial charge on any atom is -0.493 e. The Morgan fingerprint density at radius 2 is 1.85 bits per heavy atom. The number of hydrogen-bond acceptors (Lipinski definition) is 4. The molecule has 0 spiro atoms. The van der Waals surface area contributed by atoms with E-state index in [4.69, 9.17) is 27.4 Å². The molecule has 2 aromatic rings. The molecule has 0 amide bonds. The fraction of sp³-hybridized carbons (Fsp3) is 0.143. The highest BCUT2D eigenvalue weighted by molar-refractivity contribution is 7.80. The van der Waals surface area contributed by atoms with Gasteiger partial charge in [0, 0.05) is 11.3 Å². The standard InChI is InChI=1S/C14H14N2O3S/c1-18-11-6-3-8(7-12(11)19-2)10-5-4-9(13(15)20)14(17)16-10/h3-7H,1-2H3,(H2,15,20)(H,16,17). The van der Waals surface area contributed by atoms with Gasteiger partial charge < -0.3 is 20.2 Å². The fourth-order valence-corrected chi connectivity index (χ4v) is 2.00. The van der Waals surface area contributed by atoms with Crippen LogP contribution >= 0.6 is 12.2 Å². The zero-order chi connectivity index (χ0) is 14.7. The van der Waals surface area contributed by atoms with Crippen molar-refractivity contribution in [2.45, 2.75) is 0 Å². The van der Waals surface area contributed by atoms with Crippen LogP contribution in [0, 0.1) is 0 Å². The lowest BCUT2D eigenvalue weighted by molar-refractivity contribution is 0.355. The van der Waals surface area contributed by atoms with Crippen molar-refractivity contribution in [3.8, 4) is 22.8 Å². The minimum absolute atomic E-state index is 0.0742. The van der Waals surface area contributed by atoms with Crippen molar-refractivity contribution in [3.63, 3.8) is 0 Å². The Bertz CT molecular complexity index is 710. The fourth-order valence-electron chi connectivity index (χ4n) is 1.84. The number of rotatable bonds is 4. The van der Waals surface area contributed by atoms with Gasteiger partial charge in [-0.3, -0.25) is 4.79 Å². The SMILES string of the molecule is COc1ccc(-c2ccc(C(N)=S)c(=O)[nH]2)cc1OC. The molecule has 5 nitrogen and oxygen atoms in total. The quantitative estimate of drug-likeness (QED) is 0.838. The highest BCUT2D eigenvalue weighted by Gasteiger charge is 2.08. The van der Waals surface area contributed by atoms with E-state index < -0.39 is 0 Å². The summed E-state index contributed by atoms with van der Waals surface area (Å²) in [5.74, 6) is 1.21. The van der Waals surface area contributed by atoms with Crippen molar-refractivity contribution in [2.24, 2.45) is 5.73 Å². The van der Waals surface area contributed by atoms with E-state index in [9.17, 15) is 4.79 Å². The minimum atomic E-state index is -0.315. The maximum atomic E-state index is 11.9. The third-order valence-corrected chi connectivity index (χ3v) is 3.09. The van der Waals surface area contributed by atoms with Crippen LogP contribution in [0.4, 0.5) is 0 Å². The Balaban J connectivity index is 2.49. The third kappa shape index (κ3) is 2.65. The molecule has 6 heteroatoms. The topological polar surface area (TPSA) is 77.3 Å². The molecule has 0 aliphatic rings. The predicted octanol–water partition coefficient (Wildman–Crippen LogP) is 1.69. The summed E-state index contributed by atoms with van der Waals surface area (Å²) in [5, 5.41) is 0. The van der Waals surface area contributed by atoms with Crippen molar-refractivity contribution >= 4 is 17.2 Å². The van der Waals surface area contributed by atoms with Crippen molar-refractivity contribution < 1.29 is 9.47 Å². The molecule has 0 unspecified atom stereocenters. The summed E-state index contributed by atoms with van der Waals surface area (Å²) in [6, 6.07) is 8.73. The molecule has 3 N–H and O–H groups in total. The number of ether oxygens (including phenoxy) is 2. The van der Waals surface area contributed by atoms with Crippen LogP contribution in [0.3, 0.4) is 0 Å². The van der Waals surface area contributed by atoms with Gasteiger partial charge in [0.05, 0.1) is 19.8 Å². The van der Waals surface area contributed by atoms with Gasteiger partial charge in [-0.15, -0.1) is 0 Å². The molecule has 0 aliphatic heterocycles. The van der Waals surface area contributed by atoms with Crippen LogP contribution in [0.15, 0.2) is 35.1 Å². The van der Waals surface area contributed by atoms with Gasteiger partial charge in [-0.2, -0.15) is 0 Å². The van der Waals surface area contributed by atoms with Gasteiger partial charge in [-0.05, 0) is 30.3 Å². The number of nitrogens with one attached hydrogen (secondary N) is 1. The van der Waals surface area contributed by atoms with Crippen molar-refractivity contribution in [1.82, 2.24) is 4.98 Å². The second-order valence-corrected chi connectivity index (χ2v) is 4.49. The number of benzene rings is 1. The van der Waals surface area contributed by atoms with Crippen LogP contribution in [-0.2, 0) is 0 Å². The second kappa shape index (κ2) is 5.75. The molecule has 1 heterocycles. The van der Waals surface area contributed by atoms with E-state index in [2.05, 4.69) is 4.98 Å². The summed E-state index contributed by atoms with van der Waals surface area (Å²) >= 11 is 4.80. The average Bonchev–Trinajstić information content (AvgIpc) is 2.45. The smallest absolute Gasteiger partial charge is 0.258 e. The maximum absolute atomic E-state index is 11.9. The maximum Gasteiger partial charge on any atom is 0.258 e. The highest BCUT2D eigenvalue weighted by Crippen LogP contribution is 2.31. The summed E-state index contributed by atoms with van der Waals surface area (Å²) < 4.78 is 10.4. The summed E-state index contributed by atoms with van der Waals surface area (Å²) in [5.41, 5.74) is 6.89. The first-order valence-corrected chi connectivity index (χ1v) is 6.23. The van der Waals surface area contributed by atoms with Crippen LogP contribution in [0.5, 0.6) is 11.5 Å². The number of hydrogen-bond donors (Lipinski definition) is 2. The average molecular weight is 290 g/mol. The summed E-state index contributed by atoms with van der Waals surface area (Å²) in [4.78, 5) is 14.7. The van der Waals surface area contributed by atoms with Crippen LogP contribution in [0.25, 0.3) is 11.3 Å². The van der Waals surface area contributed by atoms with E-state index >= 15 is 0 Å². The summed E-state index contributed by atoms with van der Waals surface area (Å²) in [7, 11) is 3.12. The molecule has 1 aromatic heterocycles. The monoisotopic (exact) mass is 290 g/mol. The number of aromatic amines is 1. The molecule has 0 radical (unpaired) electrons. The Hall–Kier alpha value is -2.34. The van der Waals surface area contributed by atoms with E-state index in [1.54, 1.807) is 38.5 Å². The number of methoxy groups -OCH3 is 2. The predicted molar refractivity (Wildman–Crippen MR) is 81.5 cm³/mol. The van der Waals surface area contributed by atoms with Crippen molar-refractivity contribution in [2.75, 3.05) is 14.2 Å². The molecule has 0 aliphatic carbocycles. The molecule has 0 bridgehead atoms. The van der Waals surface area contributed by atoms with Crippen LogP contribution in [0.2, 0.25) is 0 Å². The molecule has 0 atom stereocenters. The van der Waals surface area contributed by atoms with E-state index in [-0.39, 0.29) is 10.5 Å². The van der Waals surface area contributed by atoms with E-state index in [0.29, 0.717) is 22.8 Å². The van der Waals surface area contributed by atoms with Crippen LogP contribution in [-0.4, -0.2) is 24.2 Å². The van der Waals surface area contributed by atoms with Gasteiger partial charge in [0.1, 0.15) is 4.99 Å². The van der Waals surface area contributed by atoms with Crippen LogP contribution < -0.4 is 20.8 Å². The Kier molecular flexibility index (Phi) is 4.05. The zero-order valence-electron chi connectivity index (χ0n) is 11.1. The number of thiocarbonyl (C=S) groups is 1. The first-order chi connectivity index (χ1) is 9.56. The van der Waals surface area contributed by atoms with Gasteiger partial charge >= 0.3 is 0 Å². The Morgan fingerprint density at radius 3 is 2.40 bits per heavy atom. The Morgan fingerprint density at radius 1 is 1.15 bits per heavy atom. The van der Waals surface area contributed by atoms with E-state index in [1.807, 2.05) is 6.07 Å². The van der Waals surface area contributed by atoms with Crippen LogP contribution in [0.1, 0.15) is 5.56 Å².